The van der Waals surface area contributed by atoms with Crippen molar-refractivity contribution in [1.82, 2.24) is 15.1 Å². The number of carbonyl (C=O) groups excluding carboxylic acids is 1. The van der Waals surface area contributed by atoms with Crippen molar-refractivity contribution in [3.05, 3.63) is 52.8 Å². The van der Waals surface area contributed by atoms with Crippen molar-refractivity contribution in [2.45, 2.75) is 46.5 Å². The fourth-order valence-electron chi connectivity index (χ4n) is 3.12. The maximum atomic E-state index is 12.2. The second kappa shape index (κ2) is 8.13. The number of hydrogen-bond donors (Lipinski definition) is 1. The van der Waals surface area contributed by atoms with Gasteiger partial charge in [0.05, 0.1) is 0 Å². The Balaban J connectivity index is 1.88. The monoisotopic (exact) mass is 327 g/mol. The third kappa shape index (κ3) is 4.70. The summed E-state index contributed by atoms with van der Waals surface area (Å²) in [7, 11) is 1.95. The van der Waals surface area contributed by atoms with Crippen LogP contribution in [-0.4, -0.2) is 22.2 Å². The molecule has 1 heterocycles. The fraction of sp³-hybridized carbons (Fsp3) is 0.500. The lowest BCUT2D eigenvalue weighted by atomic mass is 9.92. The van der Waals surface area contributed by atoms with Crippen LogP contribution in [-0.2, 0) is 18.3 Å². The van der Waals surface area contributed by atoms with Gasteiger partial charge in [0, 0.05) is 37.8 Å². The molecule has 0 bridgehead atoms. The van der Waals surface area contributed by atoms with Gasteiger partial charge >= 0.3 is 0 Å². The molecule has 1 N–H and O–H groups in total. The summed E-state index contributed by atoms with van der Waals surface area (Å²) in [6.07, 6.45) is 3.13. The molecule has 1 amide bonds. The molecule has 130 valence electrons. The molecule has 0 aliphatic carbocycles. The van der Waals surface area contributed by atoms with E-state index < -0.39 is 0 Å². The molecule has 1 aromatic carbocycles. The first-order valence-electron chi connectivity index (χ1n) is 8.69. The van der Waals surface area contributed by atoms with Gasteiger partial charge in [-0.2, -0.15) is 5.10 Å². The molecule has 0 spiro atoms. The van der Waals surface area contributed by atoms with Crippen molar-refractivity contribution < 1.29 is 4.79 Å². The van der Waals surface area contributed by atoms with Gasteiger partial charge in [0.2, 0.25) is 5.91 Å². The van der Waals surface area contributed by atoms with E-state index in [9.17, 15) is 4.79 Å². The molecule has 1 atom stereocenters. The number of aromatic nitrogens is 2. The molecular formula is C20H29N3O. The van der Waals surface area contributed by atoms with E-state index in [1.54, 1.807) is 0 Å². The van der Waals surface area contributed by atoms with Crippen molar-refractivity contribution in [2.75, 3.05) is 6.54 Å². The van der Waals surface area contributed by atoms with Crippen LogP contribution in [0.4, 0.5) is 0 Å². The molecule has 2 rings (SSSR count). The van der Waals surface area contributed by atoms with Crippen LogP contribution in [0.2, 0.25) is 0 Å². The third-order valence-corrected chi connectivity index (χ3v) is 4.68. The number of aryl methyl sites for hydroxylation is 4. The molecule has 4 nitrogen and oxygen atoms in total. The zero-order chi connectivity index (χ0) is 17.7. The van der Waals surface area contributed by atoms with Gasteiger partial charge in [-0.1, -0.05) is 37.6 Å². The van der Waals surface area contributed by atoms with E-state index in [0.717, 1.165) is 6.42 Å². The smallest absolute Gasteiger partial charge is 0.220 e. The van der Waals surface area contributed by atoms with Crippen LogP contribution in [0.1, 0.15) is 48.6 Å². The second-order valence-electron chi connectivity index (χ2n) is 6.96. The summed E-state index contributed by atoms with van der Waals surface area (Å²) in [6, 6.07) is 8.44. The lowest BCUT2D eigenvalue weighted by molar-refractivity contribution is -0.121. The number of nitrogens with zero attached hydrogens (tertiary/aromatic N) is 2. The molecule has 4 heteroatoms. The minimum absolute atomic E-state index is 0.114. The van der Waals surface area contributed by atoms with Crippen LogP contribution in [0, 0.1) is 19.8 Å². The molecular weight excluding hydrogens is 298 g/mol. The summed E-state index contributed by atoms with van der Waals surface area (Å²) < 4.78 is 1.90. The molecule has 0 aliphatic heterocycles. The van der Waals surface area contributed by atoms with Gasteiger partial charge in [0.15, 0.2) is 0 Å². The van der Waals surface area contributed by atoms with E-state index in [1.165, 1.54) is 22.4 Å². The standard InChI is InChI=1S/C20H29N3O/c1-14(2)18(19-10-11-22-23(19)5)13-21-20(24)9-8-17-7-6-15(3)12-16(17)4/h6-7,10-12,14,18H,8-9,13H2,1-5H3,(H,21,24). The van der Waals surface area contributed by atoms with Crippen molar-refractivity contribution in [2.24, 2.45) is 13.0 Å². The highest BCUT2D eigenvalue weighted by Crippen LogP contribution is 2.23. The van der Waals surface area contributed by atoms with Crippen LogP contribution in [0.5, 0.6) is 0 Å². The van der Waals surface area contributed by atoms with E-state index >= 15 is 0 Å². The van der Waals surface area contributed by atoms with Crippen LogP contribution >= 0.6 is 0 Å². The Kier molecular flexibility index (Phi) is 6.18. The van der Waals surface area contributed by atoms with Gasteiger partial charge in [0.25, 0.3) is 0 Å². The molecule has 0 fully saturated rings. The quantitative estimate of drug-likeness (QED) is 0.846. The zero-order valence-corrected chi connectivity index (χ0v) is 15.5. The summed E-state index contributed by atoms with van der Waals surface area (Å²) in [5, 5.41) is 7.34. The summed E-state index contributed by atoms with van der Waals surface area (Å²) in [4.78, 5) is 12.2. The average molecular weight is 327 g/mol. The van der Waals surface area contributed by atoms with Crippen molar-refractivity contribution in [1.29, 1.82) is 0 Å². The Bertz CT molecular complexity index is 688. The Morgan fingerprint density at radius 2 is 2.00 bits per heavy atom. The first kappa shape index (κ1) is 18.2. The molecule has 2 aromatic rings. The van der Waals surface area contributed by atoms with Crippen LogP contribution in [0.25, 0.3) is 0 Å². The SMILES string of the molecule is Cc1ccc(CCC(=O)NCC(c2ccnn2C)C(C)C)c(C)c1. The summed E-state index contributed by atoms with van der Waals surface area (Å²) in [6.45, 7) is 9.22. The number of carbonyl (C=O) groups is 1. The Hall–Kier alpha value is -2.10. The lowest BCUT2D eigenvalue weighted by Crippen LogP contribution is -2.31. The number of hydrogen-bond acceptors (Lipinski definition) is 2. The first-order valence-corrected chi connectivity index (χ1v) is 8.69. The molecule has 1 unspecified atom stereocenters. The molecule has 0 saturated carbocycles. The number of rotatable bonds is 7. The van der Waals surface area contributed by atoms with E-state index in [1.807, 2.05) is 24.0 Å². The summed E-state index contributed by atoms with van der Waals surface area (Å²) in [5.41, 5.74) is 4.94. The van der Waals surface area contributed by atoms with E-state index in [-0.39, 0.29) is 11.8 Å². The summed E-state index contributed by atoms with van der Waals surface area (Å²) in [5.74, 6) is 0.838. The summed E-state index contributed by atoms with van der Waals surface area (Å²) >= 11 is 0. The van der Waals surface area contributed by atoms with Gasteiger partial charge < -0.3 is 5.32 Å². The molecule has 0 aliphatic rings. The predicted octanol–water partition coefficient (Wildman–Crippen LogP) is 3.53. The van der Waals surface area contributed by atoms with Crippen LogP contribution < -0.4 is 5.32 Å². The van der Waals surface area contributed by atoms with E-state index in [0.29, 0.717) is 18.9 Å². The Labute approximate surface area is 145 Å². The normalized spacial score (nSPS) is 12.4. The van der Waals surface area contributed by atoms with Crippen LogP contribution in [0.15, 0.2) is 30.5 Å². The minimum Gasteiger partial charge on any atom is -0.355 e. The van der Waals surface area contributed by atoms with Crippen molar-refractivity contribution >= 4 is 5.91 Å². The first-order chi connectivity index (χ1) is 11.4. The topological polar surface area (TPSA) is 46.9 Å². The highest BCUT2D eigenvalue weighted by Gasteiger charge is 2.19. The highest BCUT2D eigenvalue weighted by atomic mass is 16.1. The highest BCUT2D eigenvalue weighted by molar-refractivity contribution is 5.76. The van der Waals surface area contributed by atoms with Gasteiger partial charge in [-0.05, 0) is 43.4 Å². The average Bonchev–Trinajstić information content (AvgIpc) is 2.92. The maximum absolute atomic E-state index is 12.2. The number of amides is 1. The third-order valence-electron chi connectivity index (χ3n) is 4.68. The largest absolute Gasteiger partial charge is 0.355 e. The molecule has 0 radical (unpaired) electrons. The maximum Gasteiger partial charge on any atom is 0.220 e. The fourth-order valence-corrected chi connectivity index (χ4v) is 3.12. The molecule has 1 aromatic heterocycles. The van der Waals surface area contributed by atoms with Gasteiger partial charge in [0.1, 0.15) is 0 Å². The predicted molar refractivity (Wildman–Crippen MR) is 98.0 cm³/mol. The Morgan fingerprint density at radius 3 is 2.58 bits per heavy atom. The minimum atomic E-state index is 0.114. The molecule has 24 heavy (non-hydrogen) atoms. The van der Waals surface area contributed by atoms with E-state index in [2.05, 4.69) is 56.3 Å². The lowest BCUT2D eigenvalue weighted by Gasteiger charge is -2.21. The van der Waals surface area contributed by atoms with E-state index in [4.69, 9.17) is 0 Å². The van der Waals surface area contributed by atoms with Gasteiger partial charge in [-0.15, -0.1) is 0 Å². The zero-order valence-electron chi connectivity index (χ0n) is 15.5. The number of nitrogens with one attached hydrogen (secondary N) is 1. The van der Waals surface area contributed by atoms with Crippen molar-refractivity contribution in [3.8, 4) is 0 Å². The molecule has 0 saturated heterocycles. The second-order valence-corrected chi connectivity index (χ2v) is 6.96. The van der Waals surface area contributed by atoms with Gasteiger partial charge in [-0.25, -0.2) is 0 Å². The number of benzene rings is 1. The Morgan fingerprint density at radius 1 is 1.25 bits per heavy atom. The van der Waals surface area contributed by atoms with Crippen LogP contribution in [0.3, 0.4) is 0 Å². The van der Waals surface area contributed by atoms with Gasteiger partial charge in [-0.3, -0.25) is 9.48 Å². The van der Waals surface area contributed by atoms with Crippen molar-refractivity contribution in [3.63, 3.8) is 0 Å².